The smallest absolute Gasteiger partial charge is 0.414 e. The predicted octanol–water partition coefficient (Wildman–Crippen LogP) is 1.33. The summed E-state index contributed by atoms with van der Waals surface area (Å²) < 4.78 is 0. The lowest BCUT2D eigenvalue weighted by atomic mass is 10.0. The molecule has 140 valence electrons. The lowest BCUT2D eigenvalue weighted by Gasteiger charge is -2.22. The molecule has 2 aromatic carbocycles. The number of anilines is 1. The number of carbonyl (C=O) groups is 3. The van der Waals surface area contributed by atoms with E-state index in [2.05, 4.69) is 4.99 Å². The first kappa shape index (κ1) is 19.8. The normalized spacial score (nSPS) is 15.6. The molecule has 8 nitrogen and oxygen atoms in total. The van der Waals surface area contributed by atoms with Crippen LogP contribution >= 0.6 is 0 Å². The molecule has 1 aliphatic rings. The Bertz CT molecular complexity index is 868. The van der Waals surface area contributed by atoms with Gasteiger partial charge in [-0.1, -0.05) is 48.5 Å². The highest BCUT2D eigenvalue weighted by Crippen LogP contribution is 2.27. The highest BCUT2D eigenvalue weighted by molar-refractivity contribution is 6.27. The zero-order chi connectivity index (χ0) is 20.0. The molecule has 0 radical (unpaired) electrons. The summed E-state index contributed by atoms with van der Waals surface area (Å²) in [6.45, 7) is 2.51. The van der Waals surface area contributed by atoms with E-state index in [0.717, 1.165) is 22.5 Å². The van der Waals surface area contributed by atoms with E-state index in [0.29, 0.717) is 6.54 Å². The van der Waals surface area contributed by atoms with E-state index >= 15 is 0 Å². The number of para-hydroxylation sites is 1. The zero-order valence-electron chi connectivity index (χ0n) is 14.6. The van der Waals surface area contributed by atoms with Gasteiger partial charge >= 0.3 is 11.9 Å². The molecule has 27 heavy (non-hydrogen) atoms. The summed E-state index contributed by atoms with van der Waals surface area (Å²) in [4.78, 5) is 36.8. The summed E-state index contributed by atoms with van der Waals surface area (Å²) in [7, 11) is 0. The van der Waals surface area contributed by atoms with Crippen LogP contribution in [0.25, 0.3) is 0 Å². The molecule has 1 atom stereocenters. The largest absolute Gasteiger partial charge is 0.473 e. The van der Waals surface area contributed by atoms with Crippen molar-refractivity contribution in [2.45, 2.75) is 13.1 Å². The van der Waals surface area contributed by atoms with Crippen LogP contribution in [0.15, 0.2) is 59.6 Å². The van der Waals surface area contributed by atoms with Gasteiger partial charge in [0, 0.05) is 17.7 Å². The lowest BCUT2D eigenvalue weighted by molar-refractivity contribution is -0.159. The molecule has 1 aliphatic heterocycles. The predicted molar refractivity (Wildman–Crippen MR) is 99.8 cm³/mol. The second-order valence-corrected chi connectivity index (χ2v) is 5.50. The van der Waals surface area contributed by atoms with Gasteiger partial charge in [0.05, 0.1) is 11.4 Å². The van der Waals surface area contributed by atoms with E-state index in [1.165, 1.54) is 0 Å². The van der Waals surface area contributed by atoms with E-state index in [9.17, 15) is 4.79 Å². The number of hydrogen-bond donors (Lipinski definition) is 3. The van der Waals surface area contributed by atoms with Crippen LogP contribution in [-0.4, -0.2) is 46.5 Å². The Morgan fingerprint density at radius 2 is 1.59 bits per heavy atom. The highest BCUT2D eigenvalue weighted by Gasteiger charge is 2.28. The molecule has 0 aromatic heterocycles. The number of carboxylic acid groups (broad SMARTS) is 2. The third-order valence-corrected chi connectivity index (χ3v) is 3.78. The second-order valence-electron chi connectivity index (χ2n) is 5.50. The van der Waals surface area contributed by atoms with Crippen molar-refractivity contribution in [2.75, 3.05) is 11.4 Å². The number of carbonyl (C=O) groups excluding carboxylic acids is 1. The van der Waals surface area contributed by atoms with Crippen molar-refractivity contribution in [3.63, 3.8) is 0 Å². The number of carboxylic acids is 2. The van der Waals surface area contributed by atoms with Gasteiger partial charge in [-0.15, -0.1) is 0 Å². The summed E-state index contributed by atoms with van der Waals surface area (Å²) in [5, 5.41) is 14.8. The third-order valence-electron chi connectivity index (χ3n) is 3.78. The molecule has 2 aromatic rings. The molecule has 8 heteroatoms. The van der Waals surface area contributed by atoms with Crippen molar-refractivity contribution in [3.8, 4) is 0 Å². The fraction of sp³-hybridized carbons (Fsp3) is 0.158. The van der Waals surface area contributed by atoms with Gasteiger partial charge in [0.15, 0.2) is 6.17 Å². The number of benzodiazepines with no additional fused rings is 1. The summed E-state index contributed by atoms with van der Waals surface area (Å²) in [6.07, 6.45) is -0.868. The first-order valence-corrected chi connectivity index (χ1v) is 8.12. The monoisotopic (exact) mass is 369 g/mol. The lowest BCUT2D eigenvalue weighted by Crippen LogP contribution is -2.42. The van der Waals surface area contributed by atoms with Crippen molar-refractivity contribution >= 4 is 29.2 Å². The first-order chi connectivity index (χ1) is 12.9. The Hall–Kier alpha value is -3.52. The fourth-order valence-electron chi connectivity index (χ4n) is 2.60. The Morgan fingerprint density at radius 3 is 2.15 bits per heavy atom. The van der Waals surface area contributed by atoms with Gasteiger partial charge in [-0.25, -0.2) is 9.59 Å². The average molecular weight is 369 g/mol. The summed E-state index contributed by atoms with van der Waals surface area (Å²) in [5.41, 5.74) is 9.50. The zero-order valence-corrected chi connectivity index (χ0v) is 14.6. The minimum atomic E-state index is -1.82. The van der Waals surface area contributed by atoms with Crippen LogP contribution < -0.4 is 10.6 Å². The number of likely N-dealkylation sites (N-methyl/N-ethyl adjacent to an activating group) is 1. The van der Waals surface area contributed by atoms with Crippen LogP contribution in [0.5, 0.6) is 0 Å². The van der Waals surface area contributed by atoms with E-state index in [4.69, 9.17) is 25.5 Å². The molecule has 0 aliphatic carbocycles. The van der Waals surface area contributed by atoms with Crippen molar-refractivity contribution in [1.29, 1.82) is 0 Å². The highest BCUT2D eigenvalue weighted by atomic mass is 16.4. The van der Waals surface area contributed by atoms with E-state index in [1.54, 1.807) is 4.90 Å². The number of fused-ring (bicyclic) bond motifs is 1. The average Bonchev–Trinajstić information content (AvgIpc) is 2.78. The number of rotatable bonds is 2. The number of nitrogens with two attached hydrogens (primary N) is 1. The van der Waals surface area contributed by atoms with Gasteiger partial charge < -0.3 is 20.8 Å². The van der Waals surface area contributed by atoms with Crippen LogP contribution in [-0.2, 0) is 14.4 Å². The first-order valence-electron chi connectivity index (χ1n) is 8.12. The Kier molecular flexibility index (Phi) is 6.40. The second kappa shape index (κ2) is 8.72. The Morgan fingerprint density at radius 1 is 1.04 bits per heavy atom. The van der Waals surface area contributed by atoms with Crippen LogP contribution in [0.2, 0.25) is 0 Å². The van der Waals surface area contributed by atoms with Gasteiger partial charge in [0.25, 0.3) is 5.91 Å². The van der Waals surface area contributed by atoms with Gasteiger partial charge in [-0.3, -0.25) is 9.79 Å². The molecule has 0 saturated heterocycles. The summed E-state index contributed by atoms with van der Waals surface area (Å²) in [5.74, 6) is -3.82. The number of nitrogens with zero attached hydrogens (tertiary/aromatic N) is 2. The van der Waals surface area contributed by atoms with E-state index in [-0.39, 0.29) is 5.91 Å². The summed E-state index contributed by atoms with van der Waals surface area (Å²) in [6, 6.07) is 17.6. The molecule has 0 spiro atoms. The topological polar surface area (TPSA) is 133 Å². The van der Waals surface area contributed by atoms with Crippen molar-refractivity contribution in [1.82, 2.24) is 0 Å². The van der Waals surface area contributed by atoms with E-state index < -0.39 is 18.1 Å². The molecule has 0 fully saturated rings. The molecule has 0 unspecified atom stereocenters. The van der Waals surface area contributed by atoms with Crippen molar-refractivity contribution in [2.24, 2.45) is 10.7 Å². The van der Waals surface area contributed by atoms with Gasteiger partial charge in [0.2, 0.25) is 0 Å². The SMILES string of the molecule is CCN1C(=O)[C@H](N)N=C(c2ccccc2)c2ccccc21.O=C(O)C(=O)O. The number of amides is 1. The van der Waals surface area contributed by atoms with Crippen LogP contribution in [0.4, 0.5) is 5.69 Å². The molecule has 0 saturated carbocycles. The molecule has 4 N–H and O–H groups in total. The summed E-state index contributed by atoms with van der Waals surface area (Å²) >= 11 is 0. The minimum absolute atomic E-state index is 0.170. The molecular weight excluding hydrogens is 350 g/mol. The quantitative estimate of drug-likeness (QED) is 0.684. The maximum Gasteiger partial charge on any atom is 0.414 e. The standard InChI is InChI=1S/C17H17N3O.C2H2O4/c1-2-20-14-11-7-6-10-13(14)15(19-16(18)17(20)21)12-8-4-3-5-9-12;3-1(4)2(5)6/h3-11,16H,2,18H2,1H3;(H,3,4)(H,5,6)/t16-;/m1./s1. The third kappa shape index (κ3) is 4.56. The molecule has 3 rings (SSSR count). The number of aliphatic imine (C=N–C) groups is 1. The Labute approximate surface area is 155 Å². The van der Waals surface area contributed by atoms with Crippen LogP contribution in [0, 0.1) is 0 Å². The maximum atomic E-state index is 12.4. The van der Waals surface area contributed by atoms with Crippen molar-refractivity contribution < 1.29 is 24.6 Å². The molecular formula is C19H19N3O5. The molecule has 1 heterocycles. The molecule has 1 amide bonds. The Balaban J connectivity index is 0.000000380. The van der Waals surface area contributed by atoms with Crippen LogP contribution in [0.3, 0.4) is 0 Å². The van der Waals surface area contributed by atoms with Gasteiger partial charge in [-0.2, -0.15) is 0 Å². The van der Waals surface area contributed by atoms with Gasteiger partial charge in [0.1, 0.15) is 0 Å². The number of aliphatic carboxylic acids is 2. The minimum Gasteiger partial charge on any atom is -0.473 e. The van der Waals surface area contributed by atoms with Crippen molar-refractivity contribution in [3.05, 3.63) is 65.7 Å². The van der Waals surface area contributed by atoms with Crippen LogP contribution in [0.1, 0.15) is 18.1 Å². The van der Waals surface area contributed by atoms with E-state index in [1.807, 2.05) is 61.5 Å². The molecule has 0 bridgehead atoms. The fourth-order valence-corrected chi connectivity index (χ4v) is 2.60. The maximum absolute atomic E-state index is 12.4. The van der Waals surface area contributed by atoms with Gasteiger partial charge in [-0.05, 0) is 13.0 Å². The number of benzene rings is 2. The number of hydrogen-bond acceptors (Lipinski definition) is 5.